The third-order valence-electron chi connectivity index (χ3n) is 3.94. The minimum absolute atomic E-state index is 0.0926. The van der Waals surface area contributed by atoms with Crippen LogP contribution in [0.25, 0.3) is 0 Å². The predicted octanol–water partition coefficient (Wildman–Crippen LogP) is 2.82. The van der Waals surface area contributed by atoms with Crippen LogP contribution in [0, 0.1) is 5.92 Å². The number of ether oxygens (including phenoxy) is 1. The van der Waals surface area contributed by atoms with E-state index in [-0.39, 0.29) is 12.1 Å². The van der Waals surface area contributed by atoms with Crippen molar-refractivity contribution in [3.05, 3.63) is 29.8 Å². The van der Waals surface area contributed by atoms with Crippen molar-refractivity contribution in [3.63, 3.8) is 0 Å². The lowest BCUT2D eigenvalue weighted by atomic mass is 9.97. The van der Waals surface area contributed by atoms with Crippen LogP contribution in [-0.4, -0.2) is 31.1 Å². The van der Waals surface area contributed by atoms with Crippen LogP contribution in [-0.2, 0) is 0 Å². The largest absolute Gasteiger partial charge is 0.496 e. The summed E-state index contributed by atoms with van der Waals surface area (Å²) in [6, 6.07) is 8.57. The molecule has 0 bridgehead atoms. The van der Waals surface area contributed by atoms with Crippen LogP contribution < -0.4 is 10.5 Å². The number of nitrogens with zero attached hydrogens (tertiary/aromatic N) is 1. The summed E-state index contributed by atoms with van der Waals surface area (Å²) in [6.45, 7) is 6.49. The van der Waals surface area contributed by atoms with Crippen LogP contribution in [0.2, 0.25) is 0 Å². The van der Waals surface area contributed by atoms with Gasteiger partial charge in [-0.2, -0.15) is 0 Å². The molecule has 2 rings (SSSR count). The van der Waals surface area contributed by atoms with E-state index in [1.807, 2.05) is 12.1 Å². The highest BCUT2D eigenvalue weighted by molar-refractivity contribution is 5.36. The maximum Gasteiger partial charge on any atom is 0.123 e. The van der Waals surface area contributed by atoms with E-state index in [9.17, 15) is 0 Å². The van der Waals surface area contributed by atoms with Crippen LogP contribution in [0.15, 0.2) is 24.3 Å². The number of nitrogens with two attached hydrogens (primary N) is 1. The Morgan fingerprint density at radius 2 is 2.05 bits per heavy atom. The SMILES string of the molecule is CCN(CC1CC1)C(c1ccccc1OC)C(C)N. The van der Waals surface area contributed by atoms with Crippen LogP contribution in [0.5, 0.6) is 5.75 Å². The molecule has 2 N–H and O–H groups in total. The average molecular weight is 262 g/mol. The van der Waals surface area contributed by atoms with Crippen LogP contribution in [0.1, 0.15) is 38.3 Å². The minimum Gasteiger partial charge on any atom is -0.496 e. The van der Waals surface area contributed by atoms with Crippen LogP contribution >= 0.6 is 0 Å². The third kappa shape index (κ3) is 3.48. The van der Waals surface area contributed by atoms with E-state index in [1.54, 1.807) is 7.11 Å². The van der Waals surface area contributed by atoms with Crippen molar-refractivity contribution in [1.82, 2.24) is 4.90 Å². The summed E-state index contributed by atoms with van der Waals surface area (Å²) in [5.74, 6) is 1.81. The Labute approximate surface area is 116 Å². The summed E-state index contributed by atoms with van der Waals surface area (Å²) < 4.78 is 5.51. The second kappa shape index (κ2) is 6.40. The van der Waals surface area contributed by atoms with E-state index in [4.69, 9.17) is 10.5 Å². The Morgan fingerprint density at radius 1 is 1.37 bits per heavy atom. The minimum atomic E-state index is 0.0926. The smallest absolute Gasteiger partial charge is 0.123 e. The lowest BCUT2D eigenvalue weighted by Crippen LogP contribution is -2.40. The zero-order chi connectivity index (χ0) is 13.8. The first-order valence-electron chi connectivity index (χ1n) is 7.29. The van der Waals surface area contributed by atoms with Crippen molar-refractivity contribution in [3.8, 4) is 5.75 Å². The van der Waals surface area contributed by atoms with Gasteiger partial charge in [-0.3, -0.25) is 4.90 Å². The molecule has 3 nitrogen and oxygen atoms in total. The van der Waals surface area contributed by atoms with Crippen molar-refractivity contribution < 1.29 is 4.74 Å². The zero-order valence-corrected chi connectivity index (χ0v) is 12.3. The van der Waals surface area contributed by atoms with E-state index in [0.29, 0.717) is 0 Å². The zero-order valence-electron chi connectivity index (χ0n) is 12.3. The molecule has 0 heterocycles. The number of para-hydroxylation sites is 1. The molecule has 0 aromatic heterocycles. The van der Waals surface area contributed by atoms with Crippen LogP contribution in [0.4, 0.5) is 0 Å². The maximum atomic E-state index is 6.27. The van der Waals surface area contributed by atoms with Crippen LogP contribution in [0.3, 0.4) is 0 Å². The normalized spacial score (nSPS) is 18.4. The van der Waals surface area contributed by atoms with E-state index in [0.717, 1.165) is 24.8 Å². The van der Waals surface area contributed by atoms with E-state index in [1.165, 1.54) is 18.4 Å². The van der Waals surface area contributed by atoms with Gasteiger partial charge in [-0.1, -0.05) is 25.1 Å². The molecule has 106 valence electrons. The van der Waals surface area contributed by atoms with Gasteiger partial charge in [0.15, 0.2) is 0 Å². The van der Waals surface area contributed by atoms with Gasteiger partial charge in [0.2, 0.25) is 0 Å². The highest BCUT2D eigenvalue weighted by atomic mass is 16.5. The molecule has 1 saturated carbocycles. The molecule has 0 radical (unpaired) electrons. The monoisotopic (exact) mass is 262 g/mol. The van der Waals surface area contributed by atoms with Gasteiger partial charge >= 0.3 is 0 Å². The van der Waals surface area contributed by atoms with Crippen molar-refractivity contribution in [2.24, 2.45) is 11.7 Å². The Kier molecular flexibility index (Phi) is 4.83. The average Bonchev–Trinajstić information content (AvgIpc) is 3.22. The predicted molar refractivity (Wildman–Crippen MR) is 79.4 cm³/mol. The Hall–Kier alpha value is -1.06. The standard InChI is InChI=1S/C16H26N2O/c1-4-18(11-13-9-10-13)16(12(2)17)14-7-5-6-8-15(14)19-3/h5-8,12-13,16H,4,9-11,17H2,1-3H3. The first kappa shape index (κ1) is 14.4. The highest BCUT2D eigenvalue weighted by Gasteiger charge is 2.31. The molecule has 19 heavy (non-hydrogen) atoms. The quantitative estimate of drug-likeness (QED) is 0.821. The fourth-order valence-corrected chi connectivity index (χ4v) is 2.79. The summed E-state index contributed by atoms with van der Waals surface area (Å²) in [4.78, 5) is 2.50. The van der Waals surface area contributed by atoms with Gasteiger partial charge in [0.1, 0.15) is 5.75 Å². The van der Waals surface area contributed by atoms with Crippen molar-refractivity contribution in [2.75, 3.05) is 20.2 Å². The van der Waals surface area contributed by atoms with Gasteiger partial charge < -0.3 is 10.5 Å². The summed E-state index contributed by atoms with van der Waals surface area (Å²) in [7, 11) is 1.73. The molecule has 1 aliphatic rings. The van der Waals surface area contributed by atoms with Gasteiger partial charge in [-0.15, -0.1) is 0 Å². The number of rotatable bonds is 7. The number of hydrogen-bond acceptors (Lipinski definition) is 3. The fourth-order valence-electron chi connectivity index (χ4n) is 2.79. The third-order valence-corrected chi connectivity index (χ3v) is 3.94. The molecule has 0 aliphatic heterocycles. The molecule has 3 heteroatoms. The fraction of sp³-hybridized carbons (Fsp3) is 0.625. The van der Waals surface area contributed by atoms with Crippen molar-refractivity contribution >= 4 is 0 Å². The van der Waals surface area contributed by atoms with Gasteiger partial charge in [0, 0.05) is 18.2 Å². The number of benzene rings is 1. The first-order valence-corrected chi connectivity index (χ1v) is 7.29. The molecule has 2 atom stereocenters. The lowest BCUT2D eigenvalue weighted by molar-refractivity contribution is 0.174. The summed E-state index contributed by atoms with van der Waals surface area (Å²) in [6.07, 6.45) is 2.74. The maximum absolute atomic E-state index is 6.27. The molecule has 2 unspecified atom stereocenters. The first-order chi connectivity index (χ1) is 9.17. The number of methoxy groups -OCH3 is 1. The summed E-state index contributed by atoms with van der Waals surface area (Å²) >= 11 is 0. The highest BCUT2D eigenvalue weighted by Crippen LogP contribution is 2.36. The molecule has 1 fully saturated rings. The van der Waals surface area contributed by atoms with E-state index < -0.39 is 0 Å². The van der Waals surface area contributed by atoms with Gasteiger partial charge in [0.25, 0.3) is 0 Å². The molecular formula is C16H26N2O. The van der Waals surface area contributed by atoms with Gasteiger partial charge in [0.05, 0.1) is 13.2 Å². The molecule has 1 aromatic rings. The van der Waals surface area contributed by atoms with E-state index in [2.05, 4.69) is 30.9 Å². The summed E-state index contributed by atoms with van der Waals surface area (Å²) in [5, 5.41) is 0. The second-order valence-electron chi connectivity index (χ2n) is 5.58. The Morgan fingerprint density at radius 3 is 2.58 bits per heavy atom. The number of likely N-dealkylation sites (N-methyl/N-ethyl adjacent to an activating group) is 1. The Bertz CT molecular complexity index is 401. The molecule has 0 saturated heterocycles. The lowest BCUT2D eigenvalue weighted by Gasteiger charge is -2.34. The van der Waals surface area contributed by atoms with Gasteiger partial charge in [-0.25, -0.2) is 0 Å². The molecular weight excluding hydrogens is 236 g/mol. The van der Waals surface area contributed by atoms with E-state index >= 15 is 0 Å². The molecule has 1 aromatic carbocycles. The molecule has 0 amide bonds. The Balaban J connectivity index is 2.26. The number of hydrogen-bond donors (Lipinski definition) is 1. The molecule has 1 aliphatic carbocycles. The summed E-state index contributed by atoms with van der Waals surface area (Å²) in [5.41, 5.74) is 7.48. The van der Waals surface area contributed by atoms with Gasteiger partial charge in [-0.05, 0) is 38.3 Å². The van der Waals surface area contributed by atoms with Crippen molar-refractivity contribution in [1.29, 1.82) is 0 Å². The topological polar surface area (TPSA) is 38.5 Å². The van der Waals surface area contributed by atoms with Crippen molar-refractivity contribution in [2.45, 2.75) is 38.8 Å². The second-order valence-corrected chi connectivity index (χ2v) is 5.58. The molecule has 0 spiro atoms.